The first-order chi connectivity index (χ1) is 11.7. The van der Waals surface area contributed by atoms with Gasteiger partial charge in [0.25, 0.3) is 5.91 Å². The number of amides is 1. The topological polar surface area (TPSA) is 107 Å². The molecule has 1 aromatic rings. The Labute approximate surface area is 147 Å². The van der Waals surface area contributed by atoms with E-state index in [0.717, 1.165) is 0 Å². The number of sulfone groups is 1. The molecule has 2 heterocycles. The Morgan fingerprint density at radius 3 is 2.60 bits per heavy atom. The van der Waals surface area contributed by atoms with Gasteiger partial charge in [-0.3, -0.25) is 9.78 Å². The van der Waals surface area contributed by atoms with Crippen molar-refractivity contribution in [2.45, 2.75) is 45.7 Å². The van der Waals surface area contributed by atoms with Crippen molar-refractivity contribution in [1.29, 1.82) is 0 Å². The molecule has 0 radical (unpaired) electrons. The molecule has 2 atom stereocenters. The average molecular weight is 369 g/mol. The van der Waals surface area contributed by atoms with E-state index in [1.54, 1.807) is 11.8 Å². The predicted octanol–water partition coefficient (Wildman–Crippen LogP) is 0.756. The SMILES string of the molecule is CC[C@@H](C)N(C(=O)COC(=O)c1cnc(C)cn1)[C@H]1CCS(=O)(=O)C1. The average Bonchev–Trinajstić information content (AvgIpc) is 2.92. The number of esters is 1. The second-order valence-corrected chi connectivity index (χ2v) is 8.46. The van der Waals surface area contributed by atoms with Gasteiger partial charge >= 0.3 is 5.97 Å². The summed E-state index contributed by atoms with van der Waals surface area (Å²) in [5.41, 5.74) is 0.690. The Morgan fingerprint density at radius 2 is 2.08 bits per heavy atom. The molecule has 1 fully saturated rings. The molecule has 0 aliphatic carbocycles. The summed E-state index contributed by atoms with van der Waals surface area (Å²) >= 11 is 0. The van der Waals surface area contributed by atoms with E-state index in [4.69, 9.17) is 4.74 Å². The van der Waals surface area contributed by atoms with E-state index in [0.29, 0.717) is 18.5 Å². The number of carbonyl (C=O) groups excluding carboxylic acids is 2. The molecular formula is C16H23N3O5S. The zero-order valence-corrected chi connectivity index (χ0v) is 15.5. The highest BCUT2D eigenvalue weighted by atomic mass is 32.2. The summed E-state index contributed by atoms with van der Waals surface area (Å²) in [5.74, 6) is -1.09. The third-order valence-corrected chi connectivity index (χ3v) is 6.02. The number of aryl methyl sites for hydroxylation is 1. The summed E-state index contributed by atoms with van der Waals surface area (Å²) in [4.78, 5) is 33.9. The molecule has 1 aromatic heterocycles. The maximum absolute atomic E-state index is 12.5. The van der Waals surface area contributed by atoms with Crippen molar-refractivity contribution in [3.05, 3.63) is 23.8 Å². The number of aromatic nitrogens is 2. The highest BCUT2D eigenvalue weighted by molar-refractivity contribution is 7.91. The largest absolute Gasteiger partial charge is 0.451 e. The van der Waals surface area contributed by atoms with Gasteiger partial charge in [-0.1, -0.05) is 6.92 Å². The third kappa shape index (κ3) is 4.97. The second kappa shape index (κ2) is 7.90. The van der Waals surface area contributed by atoms with Crippen LogP contribution in [0.2, 0.25) is 0 Å². The minimum atomic E-state index is -3.11. The Hall–Kier alpha value is -2.03. The predicted molar refractivity (Wildman–Crippen MR) is 90.7 cm³/mol. The van der Waals surface area contributed by atoms with E-state index in [1.807, 2.05) is 13.8 Å². The number of carbonyl (C=O) groups is 2. The van der Waals surface area contributed by atoms with Crippen molar-refractivity contribution in [3.63, 3.8) is 0 Å². The van der Waals surface area contributed by atoms with Crippen molar-refractivity contribution in [3.8, 4) is 0 Å². The molecule has 0 aromatic carbocycles. The van der Waals surface area contributed by atoms with Crippen LogP contribution in [0.3, 0.4) is 0 Å². The van der Waals surface area contributed by atoms with Crippen molar-refractivity contribution in [2.75, 3.05) is 18.1 Å². The van der Waals surface area contributed by atoms with Gasteiger partial charge in [-0.2, -0.15) is 0 Å². The lowest BCUT2D eigenvalue weighted by atomic mass is 10.1. The van der Waals surface area contributed by atoms with Crippen LogP contribution < -0.4 is 0 Å². The van der Waals surface area contributed by atoms with Gasteiger partial charge in [-0.05, 0) is 26.7 Å². The minimum absolute atomic E-state index is 0.0249. The van der Waals surface area contributed by atoms with Gasteiger partial charge < -0.3 is 9.64 Å². The van der Waals surface area contributed by atoms with Crippen molar-refractivity contribution < 1.29 is 22.7 Å². The van der Waals surface area contributed by atoms with Gasteiger partial charge in [0.15, 0.2) is 22.1 Å². The first-order valence-electron chi connectivity index (χ1n) is 8.21. The van der Waals surface area contributed by atoms with Crippen LogP contribution >= 0.6 is 0 Å². The van der Waals surface area contributed by atoms with Crippen LogP contribution in [-0.2, 0) is 19.4 Å². The van der Waals surface area contributed by atoms with Crippen molar-refractivity contribution in [2.24, 2.45) is 0 Å². The molecule has 25 heavy (non-hydrogen) atoms. The van der Waals surface area contributed by atoms with Crippen LogP contribution in [-0.4, -0.2) is 65.4 Å². The number of hydrogen-bond donors (Lipinski definition) is 0. The Kier molecular flexibility index (Phi) is 6.10. The van der Waals surface area contributed by atoms with E-state index in [1.165, 1.54) is 12.4 Å². The number of ether oxygens (including phenoxy) is 1. The molecule has 2 rings (SSSR count). The van der Waals surface area contributed by atoms with Crippen LogP contribution in [0.15, 0.2) is 12.4 Å². The van der Waals surface area contributed by atoms with E-state index >= 15 is 0 Å². The molecular weight excluding hydrogens is 346 g/mol. The van der Waals surface area contributed by atoms with Gasteiger partial charge in [-0.15, -0.1) is 0 Å². The highest BCUT2D eigenvalue weighted by Crippen LogP contribution is 2.21. The van der Waals surface area contributed by atoms with Crippen molar-refractivity contribution in [1.82, 2.24) is 14.9 Å². The fourth-order valence-corrected chi connectivity index (χ4v) is 4.49. The molecule has 0 bridgehead atoms. The molecule has 8 nitrogen and oxygen atoms in total. The highest BCUT2D eigenvalue weighted by Gasteiger charge is 2.36. The number of rotatable bonds is 6. The van der Waals surface area contributed by atoms with Gasteiger partial charge in [0.05, 0.1) is 23.4 Å². The standard InChI is InChI=1S/C16H23N3O5S/c1-4-12(3)19(13-5-6-25(22,23)10-13)15(20)9-24-16(21)14-8-17-11(2)7-18-14/h7-8,12-13H,4-6,9-10H2,1-3H3/t12-,13+/m1/s1. The molecule has 0 spiro atoms. The van der Waals surface area contributed by atoms with Crippen LogP contribution in [0.5, 0.6) is 0 Å². The van der Waals surface area contributed by atoms with E-state index in [2.05, 4.69) is 9.97 Å². The molecule has 1 amide bonds. The molecule has 0 N–H and O–H groups in total. The van der Waals surface area contributed by atoms with Crippen LogP contribution in [0.25, 0.3) is 0 Å². The van der Waals surface area contributed by atoms with Crippen LogP contribution in [0.4, 0.5) is 0 Å². The normalized spacial score (nSPS) is 20.0. The maximum atomic E-state index is 12.5. The van der Waals surface area contributed by atoms with Crippen LogP contribution in [0.1, 0.15) is 42.9 Å². The molecule has 0 saturated carbocycles. The fourth-order valence-electron chi connectivity index (χ4n) is 2.77. The van der Waals surface area contributed by atoms with Crippen LogP contribution in [0, 0.1) is 6.92 Å². The smallest absolute Gasteiger partial charge is 0.359 e. The summed E-state index contributed by atoms with van der Waals surface area (Å²) in [6, 6.07) is -0.506. The minimum Gasteiger partial charge on any atom is -0.451 e. The quantitative estimate of drug-likeness (QED) is 0.681. The summed E-state index contributed by atoms with van der Waals surface area (Å²) < 4.78 is 28.5. The van der Waals surface area contributed by atoms with Crippen molar-refractivity contribution >= 4 is 21.7 Å². The molecule has 1 aliphatic rings. The van der Waals surface area contributed by atoms with Gasteiger partial charge in [-0.25, -0.2) is 18.2 Å². The molecule has 9 heteroatoms. The Bertz CT molecular complexity index is 733. The lowest BCUT2D eigenvalue weighted by Crippen LogP contribution is -2.48. The van der Waals surface area contributed by atoms with E-state index in [9.17, 15) is 18.0 Å². The fraction of sp³-hybridized carbons (Fsp3) is 0.625. The second-order valence-electron chi connectivity index (χ2n) is 6.23. The van der Waals surface area contributed by atoms with Gasteiger partial charge in [0.1, 0.15) is 0 Å². The third-order valence-electron chi connectivity index (χ3n) is 4.27. The number of hydrogen-bond acceptors (Lipinski definition) is 7. The molecule has 1 aliphatic heterocycles. The summed E-state index contributed by atoms with van der Waals surface area (Å²) in [5, 5.41) is 0. The zero-order chi connectivity index (χ0) is 18.6. The van der Waals surface area contributed by atoms with Gasteiger partial charge in [0, 0.05) is 18.3 Å². The summed E-state index contributed by atoms with van der Waals surface area (Å²) in [6.45, 7) is 5.07. The Balaban J connectivity index is 2.02. The first-order valence-corrected chi connectivity index (χ1v) is 10.0. The lowest BCUT2D eigenvalue weighted by Gasteiger charge is -2.33. The molecule has 1 saturated heterocycles. The molecule has 138 valence electrons. The van der Waals surface area contributed by atoms with Gasteiger partial charge in [0.2, 0.25) is 0 Å². The molecule has 0 unspecified atom stereocenters. The number of nitrogens with zero attached hydrogens (tertiary/aromatic N) is 3. The lowest BCUT2D eigenvalue weighted by molar-refractivity contribution is -0.138. The summed E-state index contributed by atoms with van der Waals surface area (Å²) in [6.07, 6.45) is 3.82. The van der Waals surface area contributed by atoms with E-state index < -0.39 is 28.3 Å². The monoisotopic (exact) mass is 369 g/mol. The summed E-state index contributed by atoms with van der Waals surface area (Å²) in [7, 11) is -3.11. The first kappa shape index (κ1) is 19.3. The zero-order valence-electron chi connectivity index (χ0n) is 14.6. The Morgan fingerprint density at radius 1 is 1.36 bits per heavy atom. The maximum Gasteiger partial charge on any atom is 0.359 e. The van der Waals surface area contributed by atoms with E-state index in [-0.39, 0.29) is 29.3 Å².